The molecule has 1 fully saturated rings. The normalized spacial score (nSPS) is 17.4. The van der Waals surface area contributed by atoms with Gasteiger partial charge in [0.15, 0.2) is 6.61 Å². The van der Waals surface area contributed by atoms with Gasteiger partial charge in [-0.05, 0) is 48.9 Å². The lowest BCUT2D eigenvalue weighted by Gasteiger charge is -2.34. The van der Waals surface area contributed by atoms with Gasteiger partial charge in [-0.25, -0.2) is 9.59 Å². The third-order valence-electron chi connectivity index (χ3n) is 6.98. The fourth-order valence-corrected chi connectivity index (χ4v) is 4.97. The van der Waals surface area contributed by atoms with E-state index in [0.717, 1.165) is 47.1 Å². The van der Waals surface area contributed by atoms with Crippen molar-refractivity contribution in [3.8, 4) is 0 Å². The Morgan fingerprint density at radius 1 is 0.972 bits per heavy atom. The maximum absolute atomic E-state index is 13.3. The molecule has 2 heterocycles. The SMILES string of the molecule is CC1CCc2nc3ccccc3c(C(=O)OCC(=O)N3CCN(C(=O)Nc4ccccc4)CC3)c2C1. The molecule has 1 aromatic heterocycles. The molecule has 186 valence electrons. The Morgan fingerprint density at radius 2 is 1.67 bits per heavy atom. The Balaban J connectivity index is 1.20. The van der Waals surface area contributed by atoms with E-state index in [-0.39, 0.29) is 18.5 Å². The quantitative estimate of drug-likeness (QED) is 0.565. The Morgan fingerprint density at radius 3 is 2.44 bits per heavy atom. The average Bonchev–Trinajstić information content (AvgIpc) is 2.91. The largest absolute Gasteiger partial charge is 0.452 e. The Labute approximate surface area is 210 Å². The minimum absolute atomic E-state index is 0.191. The van der Waals surface area contributed by atoms with Crippen LogP contribution in [0.2, 0.25) is 0 Å². The first-order valence-corrected chi connectivity index (χ1v) is 12.5. The molecule has 8 nitrogen and oxygen atoms in total. The molecule has 1 atom stereocenters. The number of pyridine rings is 1. The number of amides is 3. The Hall–Kier alpha value is -3.94. The summed E-state index contributed by atoms with van der Waals surface area (Å²) >= 11 is 0. The number of hydrogen-bond donors (Lipinski definition) is 1. The molecule has 1 unspecified atom stereocenters. The summed E-state index contributed by atoms with van der Waals surface area (Å²) in [6.07, 6.45) is 2.65. The summed E-state index contributed by atoms with van der Waals surface area (Å²) in [5, 5.41) is 3.63. The Bertz CT molecular complexity index is 1290. The molecule has 3 aromatic rings. The minimum atomic E-state index is -0.479. The summed E-state index contributed by atoms with van der Waals surface area (Å²) in [6.45, 7) is 3.47. The van der Waals surface area contributed by atoms with Gasteiger partial charge in [0.2, 0.25) is 0 Å². The minimum Gasteiger partial charge on any atom is -0.452 e. The van der Waals surface area contributed by atoms with Crippen LogP contribution in [-0.4, -0.2) is 65.5 Å². The standard InChI is InChI=1S/C28H30N4O4/c1-19-11-12-24-22(17-19)26(21-9-5-6-10-23(21)30-24)27(34)36-18-25(33)31-13-15-32(16-14-31)28(35)29-20-7-3-2-4-8-20/h2-10,19H,11-18H2,1H3,(H,29,35). The van der Waals surface area contributed by atoms with E-state index in [0.29, 0.717) is 37.7 Å². The summed E-state index contributed by atoms with van der Waals surface area (Å²) in [7, 11) is 0. The number of fused-ring (bicyclic) bond motifs is 2. The number of nitrogens with one attached hydrogen (secondary N) is 1. The van der Waals surface area contributed by atoms with Crippen molar-refractivity contribution in [2.24, 2.45) is 5.92 Å². The predicted octanol–water partition coefficient (Wildman–Crippen LogP) is 3.89. The maximum Gasteiger partial charge on any atom is 0.339 e. The van der Waals surface area contributed by atoms with Crippen LogP contribution in [0.1, 0.15) is 35.0 Å². The topological polar surface area (TPSA) is 91.8 Å². The molecule has 1 N–H and O–H groups in total. The number of anilines is 1. The zero-order chi connectivity index (χ0) is 25.1. The lowest BCUT2D eigenvalue weighted by atomic mass is 9.84. The predicted molar refractivity (Wildman–Crippen MR) is 137 cm³/mol. The molecule has 0 saturated carbocycles. The van der Waals surface area contributed by atoms with Crippen molar-refractivity contribution in [1.82, 2.24) is 14.8 Å². The van der Waals surface area contributed by atoms with Crippen LogP contribution in [0.3, 0.4) is 0 Å². The van der Waals surface area contributed by atoms with Crippen molar-refractivity contribution in [1.29, 1.82) is 0 Å². The van der Waals surface area contributed by atoms with Crippen molar-refractivity contribution >= 4 is 34.5 Å². The number of aryl methyl sites for hydroxylation is 1. The number of carbonyl (C=O) groups excluding carboxylic acids is 3. The monoisotopic (exact) mass is 486 g/mol. The number of ether oxygens (including phenoxy) is 1. The molecule has 5 rings (SSSR count). The highest BCUT2D eigenvalue weighted by Gasteiger charge is 2.28. The number of esters is 1. The first-order valence-electron chi connectivity index (χ1n) is 12.5. The average molecular weight is 487 g/mol. The molecule has 36 heavy (non-hydrogen) atoms. The van der Waals surface area contributed by atoms with Crippen molar-refractivity contribution in [2.45, 2.75) is 26.2 Å². The maximum atomic E-state index is 13.3. The van der Waals surface area contributed by atoms with E-state index in [1.165, 1.54) is 0 Å². The summed E-state index contributed by atoms with van der Waals surface area (Å²) < 4.78 is 5.56. The van der Waals surface area contributed by atoms with Gasteiger partial charge in [-0.1, -0.05) is 43.3 Å². The first kappa shape index (κ1) is 23.8. The molecule has 1 aliphatic carbocycles. The molecular formula is C28H30N4O4. The number of benzene rings is 2. The number of para-hydroxylation sites is 2. The van der Waals surface area contributed by atoms with Gasteiger partial charge in [0.25, 0.3) is 5.91 Å². The second-order valence-electron chi connectivity index (χ2n) is 9.52. The summed E-state index contributed by atoms with van der Waals surface area (Å²) in [5.74, 6) is -0.274. The van der Waals surface area contributed by atoms with Crippen LogP contribution in [-0.2, 0) is 22.4 Å². The van der Waals surface area contributed by atoms with Gasteiger partial charge < -0.3 is 19.9 Å². The summed E-state index contributed by atoms with van der Waals surface area (Å²) in [4.78, 5) is 46.7. The fourth-order valence-electron chi connectivity index (χ4n) is 4.97. The second kappa shape index (κ2) is 10.4. The lowest BCUT2D eigenvalue weighted by molar-refractivity contribution is -0.135. The van der Waals surface area contributed by atoms with Gasteiger partial charge in [-0.2, -0.15) is 0 Å². The van der Waals surface area contributed by atoms with Gasteiger partial charge >= 0.3 is 12.0 Å². The van der Waals surface area contributed by atoms with Crippen LogP contribution < -0.4 is 5.32 Å². The van der Waals surface area contributed by atoms with Gasteiger partial charge in [0, 0.05) is 42.9 Å². The lowest BCUT2D eigenvalue weighted by Crippen LogP contribution is -2.52. The van der Waals surface area contributed by atoms with Crippen molar-refractivity contribution in [3.63, 3.8) is 0 Å². The number of urea groups is 1. The molecule has 0 spiro atoms. The number of rotatable bonds is 4. The van der Waals surface area contributed by atoms with E-state index in [2.05, 4.69) is 12.2 Å². The van der Waals surface area contributed by atoms with Crippen LogP contribution in [0.4, 0.5) is 10.5 Å². The van der Waals surface area contributed by atoms with Crippen molar-refractivity contribution in [2.75, 3.05) is 38.1 Å². The van der Waals surface area contributed by atoms with E-state index >= 15 is 0 Å². The molecular weight excluding hydrogens is 456 g/mol. The summed E-state index contributed by atoms with van der Waals surface area (Å²) in [6, 6.07) is 16.7. The van der Waals surface area contributed by atoms with Gasteiger partial charge in [0.1, 0.15) is 0 Å². The van der Waals surface area contributed by atoms with E-state index in [1.807, 2.05) is 54.6 Å². The number of hydrogen-bond acceptors (Lipinski definition) is 5. The zero-order valence-electron chi connectivity index (χ0n) is 20.4. The molecule has 3 amide bonds. The number of carbonyl (C=O) groups is 3. The number of nitrogens with zero attached hydrogens (tertiary/aromatic N) is 3. The van der Waals surface area contributed by atoms with Crippen molar-refractivity contribution in [3.05, 3.63) is 71.4 Å². The zero-order valence-corrected chi connectivity index (χ0v) is 20.4. The fraction of sp³-hybridized carbons (Fsp3) is 0.357. The first-order chi connectivity index (χ1) is 17.5. The smallest absolute Gasteiger partial charge is 0.339 e. The van der Waals surface area contributed by atoms with Crippen LogP contribution in [0.15, 0.2) is 54.6 Å². The highest BCUT2D eigenvalue weighted by atomic mass is 16.5. The van der Waals surface area contributed by atoms with E-state index in [9.17, 15) is 14.4 Å². The van der Waals surface area contributed by atoms with E-state index in [1.54, 1.807) is 9.80 Å². The molecule has 2 aliphatic rings. The third-order valence-corrected chi connectivity index (χ3v) is 6.98. The van der Waals surface area contributed by atoms with Crippen molar-refractivity contribution < 1.29 is 19.1 Å². The highest BCUT2D eigenvalue weighted by Crippen LogP contribution is 2.32. The number of aromatic nitrogens is 1. The van der Waals surface area contributed by atoms with Crippen LogP contribution in [0.5, 0.6) is 0 Å². The van der Waals surface area contributed by atoms with Gasteiger partial charge in [-0.15, -0.1) is 0 Å². The molecule has 1 saturated heterocycles. The van der Waals surface area contributed by atoms with Crippen LogP contribution in [0.25, 0.3) is 10.9 Å². The molecule has 2 aromatic carbocycles. The van der Waals surface area contributed by atoms with E-state index < -0.39 is 5.97 Å². The molecule has 8 heteroatoms. The van der Waals surface area contributed by atoms with Gasteiger partial charge in [0.05, 0.1) is 11.1 Å². The highest BCUT2D eigenvalue weighted by molar-refractivity contribution is 6.05. The molecule has 0 bridgehead atoms. The van der Waals surface area contributed by atoms with Crippen LogP contribution in [0, 0.1) is 5.92 Å². The van der Waals surface area contributed by atoms with Gasteiger partial charge in [-0.3, -0.25) is 9.78 Å². The molecule has 0 radical (unpaired) electrons. The third kappa shape index (κ3) is 5.03. The summed E-state index contributed by atoms with van der Waals surface area (Å²) in [5.41, 5.74) is 3.94. The number of piperazine rings is 1. The second-order valence-corrected chi connectivity index (χ2v) is 9.52. The van der Waals surface area contributed by atoms with E-state index in [4.69, 9.17) is 9.72 Å². The van der Waals surface area contributed by atoms with Crippen LogP contribution >= 0.6 is 0 Å². The Kier molecular flexibility index (Phi) is 6.84. The molecule has 1 aliphatic heterocycles.